The number of methoxy groups -OCH3 is 1. The van der Waals surface area contributed by atoms with Crippen LogP contribution in [0.3, 0.4) is 0 Å². The normalized spacial score (nSPS) is 21.4. The summed E-state index contributed by atoms with van der Waals surface area (Å²) in [7, 11) is 1.66. The summed E-state index contributed by atoms with van der Waals surface area (Å²) in [4.78, 5) is 25.5. The first-order valence-electron chi connectivity index (χ1n) is 6.90. The molecule has 19 heavy (non-hydrogen) atoms. The van der Waals surface area contributed by atoms with E-state index in [4.69, 9.17) is 9.47 Å². The van der Waals surface area contributed by atoms with Crippen LogP contribution in [0.15, 0.2) is 0 Å². The maximum Gasteiger partial charge on any atom is 0.325 e. The van der Waals surface area contributed by atoms with Crippen LogP contribution in [0.4, 0.5) is 4.79 Å². The second-order valence-electron chi connectivity index (χ2n) is 5.11. The number of carbonyl (C=O) groups is 2. The van der Waals surface area contributed by atoms with Gasteiger partial charge in [-0.25, -0.2) is 4.79 Å². The Morgan fingerprint density at radius 1 is 1.21 bits per heavy atom. The van der Waals surface area contributed by atoms with Crippen molar-refractivity contribution in [2.75, 3.05) is 33.5 Å². The Balaban J connectivity index is 1.81. The van der Waals surface area contributed by atoms with Gasteiger partial charge in [0, 0.05) is 26.9 Å². The van der Waals surface area contributed by atoms with Gasteiger partial charge in [-0.15, -0.1) is 0 Å². The summed E-state index contributed by atoms with van der Waals surface area (Å²) in [6, 6.07) is -0.271. The summed E-state index contributed by atoms with van der Waals surface area (Å²) in [6.45, 7) is 2.23. The number of hydrogen-bond acceptors (Lipinski definition) is 4. The summed E-state index contributed by atoms with van der Waals surface area (Å²) in [5.41, 5.74) is -0.590. The molecule has 0 bridgehead atoms. The van der Waals surface area contributed by atoms with Crippen molar-refractivity contribution in [2.24, 2.45) is 0 Å². The van der Waals surface area contributed by atoms with E-state index in [1.807, 2.05) is 0 Å². The molecule has 1 spiro atoms. The van der Waals surface area contributed by atoms with Crippen molar-refractivity contribution >= 4 is 11.9 Å². The number of amides is 3. The van der Waals surface area contributed by atoms with Gasteiger partial charge in [0.05, 0.1) is 6.61 Å². The first kappa shape index (κ1) is 14.3. The number of rotatable bonds is 7. The lowest BCUT2D eigenvalue weighted by Gasteiger charge is -2.31. The Bertz CT molecular complexity index is 340. The molecule has 0 aromatic rings. The summed E-state index contributed by atoms with van der Waals surface area (Å²) >= 11 is 0. The topological polar surface area (TPSA) is 67.9 Å². The van der Waals surface area contributed by atoms with E-state index in [0.29, 0.717) is 26.4 Å². The van der Waals surface area contributed by atoms with Gasteiger partial charge in [0.25, 0.3) is 5.91 Å². The molecule has 0 unspecified atom stereocenters. The Morgan fingerprint density at radius 2 is 1.95 bits per heavy atom. The Hall–Kier alpha value is -1.14. The van der Waals surface area contributed by atoms with Crippen LogP contribution in [-0.4, -0.2) is 55.9 Å². The van der Waals surface area contributed by atoms with Crippen LogP contribution < -0.4 is 5.32 Å². The first-order chi connectivity index (χ1) is 9.20. The molecule has 2 rings (SSSR count). The zero-order valence-corrected chi connectivity index (χ0v) is 11.4. The SMILES string of the molecule is COCCCOCCN1C(=O)NC(=O)C12CCCC2. The van der Waals surface area contributed by atoms with Crippen molar-refractivity contribution in [1.82, 2.24) is 10.2 Å². The number of hydrogen-bond donors (Lipinski definition) is 1. The van der Waals surface area contributed by atoms with Crippen LogP contribution in [0, 0.1) is 0 Å². The predicted octanol–water partition coefficient (Wildman–Crippen LogP) is 0.904. The van der Waals surface area contributed by atoms with Gasteiger partial charge in [-0.3, -0.25) is 10.1 Å². The molecular weight excluding hydrogens is 248 g/mol. The molecule has 108 valence electrons. The van der Waals surface area contributed by atoms with E-state index < -0.39 is 5.54 Å². The molecule has 0 aromatic carbocycles. The van der Waals surface area contributed by atoms with Gasteiger partial charge in [0.2, 0.25) is 0 Å². The highest BCUT2D eigenvalue weighted by molar-refractivity contribution is 6.07. The van der Waals surface area contributed by atoms with Crippen molar-refractivity contribution in [2.45, 2.75) is 37.6 Å². The zero-order chi connectivity index (χ0) is 13.7. The first-order valence-corrected chi connectivity index (χ1v) is 6.90. The smallest absolute Gasteiger partial charge is 0.325 e. The number of urea groups is 1. The fourth-order valence-electron chi connectivity index (χ4n) is 2.93. The van der Waals surface area contributed by atoms with Crippen LogP contribution in [0.25, 0.3) is 0 Å². The second kappa shape index (κ2) is 6.34. The molecule has 2 fully saturated rings. The average molecular weight is 270 g/mol. The molecule has 1 aliphatic heterocycles. The molecule has 0 atom stereocenters. The molecule has 1 saturated carbocycles. The predicted molar refractivity (Wildman–Crippen MR) is 68.8 cm³/mol. The summed E-state index contributed by atoms with van der Waals surface area (Å²) < 4.78 is 10.4. The van der Waals surface area contributed by atoms with Gasteiger partial charge in [0.1, 0.15) is 5.54 Å². The Morgan fingerprint density at radius 3 is 2.63 bits per heavy atom. The number of imide groups is 1. The maximum absolute atomic E-state index is 12.0. The lowest BCUT2D eigenvalue weighted by Crippen LogP contribution is -2.48. The molecular formula is C13H22N2O4. The summed E-state index contributed by atoms with van der Waals surface area (Å²) in [6.07, 6.45) is 4.40. The quantitative estimate of drug-likeness (QED) is 0.551. The Labute approximate surface area is 113 Å². The summed E-state index contributed by atoms with van der Waals surface area (Å²) in [5, 5.41) is 2.43. The maximum atomic E-state index is 12.0. The minimum absolute atomic E-state index is 0.130. The van der Waals surface area contributed by atoms with Crippen LogP contribution >= 0.6 is 0 Å². The van der Waals surface area contributed by atoms with E-state index in [-0.39, 0.29) is 11.9 Å². The standard InChI is InChI=1S/C13H22N2O4/c1-18-8-4-9-19-10-7-15-12(17)14-11(16)13(15)5-2-3-6-13/h2-10H2,1H3,(H,14,16,17). The molecule has 0 radical (unpaired) electrons. The van der Waals surface area contributed by atoms with Gasteiger partial charge < -0.3 is 14.4 Å². The highest BCUT2D eigenvalue weighted by Crippen LogP contribution is 2.38. The Kier molecular flexibility index (Phi) is 4.76. The number of nitrogens with one attached hydrogen (secondary N) is 1. The van der Waals surface area contributed by atoms with E-state index in [9.17, 15) is 9.59 Å². The minimum atomic E-state index is -0.590. The van der Waals surface area contributed by atoms with Gasteiger partial charge in [0.15, 0.2) is 0 Å². The third-order valence-electron chi connectivity index (χ3n) is 3.93. The van der Waals surface area contributed by atoms with Crippen molar-refractivity contribution in [3.63, 3.8) is 0 Å². The third-order valence-corrected chi connectivity index (χ3v) is 3.93. The molecule has 1 aliphatic carbocycles. The van der Waals surface area contributed by atoms with Crippen LogP contribution in [0.1, 0.15) is 32.1 Å². The van der Waals surface area contributed by atoms with Crippen molar-refractivity contribution in [1.29, 1.82) is 0 Å². The van der Waals surface area contributed by atoms with E-state index in [1.54, 1.807) is 12.0 Å². The van der Waals surface area contributed by atoms with Crippen LogP contribution in [0.2, 0.25) is 0 Å². The molecule has 3 amide bonds. The van der Waals surface area contributed by atoms with Crippen LogP contribution in [-0.2, 0) is 14.3 Å². The van der Waals surface area contributed by atoms with Crippen LogP contribution in [0.5, 0.6) is 0 Å². The lowest BCUT2D eigenvalue weighted by atomic mass is 9.96. The number of nitrogens with zero attached hydrogens (tertiary/aromatic N) is 1. The van der Waals surface area contributed by atoms with E-state index >= 15 is 0 Å². The molecule has 2 aliphatic rings. The van der Waals surface area contributed by atoms with E-state index in [1.165, 1.54) is 0 Å². The molecule has 1 saturated heterocycles. The highest BCUT2D eigenvalue weighted by atomic mass is 16.5. The van der Waals surface area contributed by atoms with E-state index in [0.717, 1.165) is 32.1 Å². The lowest BCUT2D eigenvalue weighted by molar-refractivity contribution is -0.126. The monoisotopic (exact) mass is 270 g/mol. The molecule has 1 N–H and O–H groups in total. The van der Waals surface area contributed by atoms with Gasteiger partial charge in [-0.05, 0) is 19.3 Å². The fourth-order valence-corrected chi connectivity index (χ4v) is 2.93. The third kappa shape index (κ3) is 2.90. The molecule has 0 aromatic heterocycles. The van der Waals surface area contributed by atoms with Gasteiger partial charge in [-0.2, -0.15) is 0 Å². The number of carbonyl (C=O) groups excluding carboxylic acids is 2. The van der Waals surface area contributed by atoms with Crippen molar-refractivity contribution in [3.8, 4) is 0 Å². The molecule has 6 nitrogen and oxygen atoms in total. The highest BCUT2D eigenvalue weighted by Gasteiger charge is 2.53. The minimum Gasteiger partial charge on any atom is -0.385 e. The summed E-state index contributed by atoms with van der Waals surface area (Å²) in [5.74, 6) is -0.130. The second-order valence-corrected chi connectivity index (χ2v) is 5.11. The molecule has 6 heteroatoms. The zero-order valence-electron chi connectivity index (χ0n) is 11.4. The average Bonchev–Trinajstić information content (AvgIpc) is 2.95. The fraction of sp³-hybridized carbons (Fsp3) is 0.846. The number of ether oxygens (including phenoxy) is 2. The van der Waals surface area contributed by atoms with E-state index in [2.05, 4.69) is 5.32 Å². The molecule has 1 heterocycles. The van der Waals surface area contributed by atoms with Crippen molar-refractivity contribution in [3.05, 3.63) is 0 Å². The largest absolute Gasteiger partial charge is 0.385 e. The van der Waals surface area contributed by atoms with Crippen molar-refractivity contribution < 1.29 is 19.1 Å². The van der Waals surface area contributed by atoms with Gasteiger partial charge in [-0.1, -0.05) is 12.8 Å². The van der Waals surface area contributed by atoms with Gasteiger partial charge >= 0.3 is 6.03 Å².